The molecule has 8 rings (SSSR count). The van der Waals surface area contributed by atoms with Crippen molar-refractivity contribution >= 4 is 34.1 Å². The van der Waals surface area contributed by atoms with E-state index in [0.29, 0.717) is 39.3 Å². The zero-order valence-corrected chi connectivity index (χ0v) is 21.8. The average molecular weight is 538 g/mol. The summed E-state index contributed by atoms with van der Waals surface area (Å²) in [5.74, 6) is 1.01. The highest BCUT2D eigenvalue weighted by molar-refractivity contribution is 6.38. The lowest BCUT2D eigenvalue weighted by Crippen LogP contribution is -2.50. The van der Waals surface area contributed by atoms with E-state index in [9.17, 15) is 4.39 Å². The molecule has 0 spiro atoms. The van der Waals surface area contributed by atoms with E-state index in [1.54, 1.807) is 18.5 Å². The Hall–Kier alpha value is -2.54. The maximum Gasteiger partial charge on any atom is 0.149 e. The zero-order valence-electron chi connectivity index (χ0n) is 20.3. The Balaban J connectivity index is 1.13. The van der Waals surface area contributed by atoms with Crippen LogP contribution in [0.2, 0.25) is 10.0 Å². The van der Waals surface area contributed by atoms with Gasteiger partial charge in [0.2, 0.25) is 0 Å². The van der Waals surface area contributed by atoms with Crippen molar-refractivity contribution in [3.05, 3.63) is 75.6 Å². The molecule has 37 heavy (non-hydrogen) atoms. The van der Waals surface area contributed by atoms with Crippen LogP contribution in [-0.2, 0) is 16.8 Å². The Morgan fingerprint density at radius 2 is 1.70 bits per heavy atom. The largest absolute Gasteiger partial charge is 0.370 e. The lowest BCUT2D eigenvalue weighted by Gasteiger charge is -2.52. The van der Waals surface area contributed by atoms with Crippen LogP contribution in [0, 0.1) is 5.82 Å². The first kappa shape index (κ1) is 23.6. The number of nitrogens with zero attached hydrogens (tertiary/aromatic N) is 3. The Kier molecular flexibility index (Phi) is 5.58. The average Bonchev–Trinajstić information content (AvgIpc) is 3.68. The molecule has 190 valence electrons. The molecule has 0 amide bonds. The van der Waals surface area contributed by atoms with Gasteiger partial charge in [-0.15, -0.1) is 0 Å². The van der Waals surface area contributed by atoms with Crippen LogP contribution in [0.25, 0.3) is 22.2 Å². The molecule has 0 N–H and O–H groups in total. The molecule has 3 heterocycles. The monoisotopic (exact) mass is 537 g/mol. The van der Waals surface area contributed by atoms with Gasteiger partial charge in [-0.05, 0) is 63.5 Å². The van der Waals surface area contributed by atoms with Crippen molar-refractivity contribution in [3.63, 3.8) is 0 Å². The molecule has 0 radical (unpaired) electrons. The van der Waals surface area contributed by atoms with Crippen LogP contribution in [-0.4, -0.2) is 20.7 Å². The van der Waals surface area contributed by atoms with Crippen molar-refractivity contribution in [2.24, 2.45) is 0 Å². The maximum absolute atomic E-state index is 14.5. The van der Waals surface area contributed by atoms with Crippen molar-refractivity contribution in [2.75, 3.05) is 0 Å². The van der Waals surface area contributed by atoms with E-state index in [2.05, 4.69) is 16.2 Å². The van der Waals surface area contributed by atoms with E-state index in [1.807, 2.05) is 12.1 Å². The summed E-state index contributed by atoms with van der Waals surface area (Å²) in [4.78, 5) is 8.88. The molecule has 3 aromatic heterocycles. The summed E-state index contributed by atoms with van der Waals surface area (Å²) in [6.07, 6.45) is 11.1. The molecule has 0 aliphatic heterocycles. The van der Waals surface area contributed by atoms with E-state index in [0.717, 1.165) is 73.8 Å². The molecule has 4 aliphatic rings. The third-order valence-corrected chi connectivity index (χ3v) is 9.34. The number of rotatable bonds is 6. The SMILES string of the molecule is Fc1cccc2ccc(C34CCC(OCc5c(-c6c(Cl)cncc6Cl)noc5C5CC5)(CC3)CC4)nc12. The summed E-state index contributed by atoms with van der Waals surface area (Å²) in [5.41, 5.74) is 3.52. The zero-order chi connectivity index (χ0) is 25.2. The molecular formula is C29H26Cl2FN3O2. The van der Waals surface area contributed by atoms with Crippen LogP contribution >= 0.6 is 23.2 Å². The lowest BCUT2D eigenvalue weighted by atomic mass is 9.57. The molecule has 1 aromatic carbocycles. The molecule has 0 unspecified atom stereocenters. The fourth-order valence-electron chi connectivity index (χ4n) is 6.35. The Morgan fingerprint density at radius 1 is 0.973 bits per heavy atom. The highest BCUT2D eigenvalue weighted by atomic mass is 35.5. The number of pyridine rings is 2. The highest BCUT2D eigenvalue weighted by Crippen LogP contribution is 2.55. The normalized spacial score (nSPS) is 25.2. The predicted octanol–water partition coefficient (Wildman–Crippen LogP) is 8.17. The molecule has 4 aliphatic carbocycles. The van der Waals surface area contributed by atoms with Crippen molar-refractivity contribution in [2.45, 2.75) is 74.9 Å². The van der Waals surface area contributed by atoms with E-state index in [1.165, 1.54) is 6.07 Å². The highest BCUT2D eigenvalue weighted by Gasteiger charge is 2.51. The third-order valence-electron chi connectivity index (χ3n) is 8.77. The Bertz CT molecular complexity index is 1470. The van der Waals surface area contributed by atoms with E-state index in [-0.39, 0.29) is 16.8 Å². The number of ether oxygens (including phenoxy) is 1. The summed E-state index contributed by atoms with van der Waals surface area (Å²) in [7, 11) is 0. The minimum Gasteiger partial charge on any atom is -0.370 e. The van der Waals surface area contributed by atoms with Gasteiger partial charge in [0.15, 0.2) is 0 Å². The fourth-order valence-corrected chi connectivity index (χ4v) is 6.89. The van der Waals surface area contributed by atoms with Gasteiger partial charge in [-0.25, -0.2) is 9.37 Å². The van der Waals surface area contributed by atoms with E-state index < -0.39 is 0 Å². The predicted molar refractivity (Wildman–Crippen MR) is 140 cm³/mol. The maximum atomic E-state index is 14.5. The number of aromatic nitrogens is 3. The smallest absolute Gasteiger partial charge is 0.149 e. The topological polar surface area (TPSA) is 61.0 Å². The first-order valence-corrected chi connectivity index (χ1v) is 13.7. The fraction of sp³-hybridized carbons (Fsp3) is 0.414. The third kappa shape index (κ3) is 3.96. The van der Waals surface area contributed by atoms with Crippen LogP contribution in [0.3, 0.4) is 0 Å². The number of fused-ring (bicyclic) bond motifs is 4. The van der Waals surface area contributed by atoms with Crippen molar-refractivity contribution in [1.29, 1.82) is 0 Å². The summed E-state index contributed by atoms with van der Waals surface area (Å²) < 4.78 is 27.0. The van der Waals surface area contributed by atoms with Crippen LogP contribution < -0.4 is 0 Å². The number of hydrogen-bond donors (Lipinski definition) is 0. The number of hydrogen-bond acceptors (Lipinski definition) is 5. The van der Waals surface area contributed by atoms with Crippen molar-refractivity contribution < 1.29 is 13.7 Å². The molecular weight excluding hydrogens is 512 g/mol. The van der Waals surface area contributed by atoms with Gasteiger partial charge in [-0.1, -0.05) is 46.6 Å². The molecule has 0 atom stereocenters. The summed E-state index contributed by atoms with van der Waals surface area (Å²) >= 11 is 12.9. The van der Waals surface area contributed by atoms with Crippen molar-refractivity contribution in [1.82, 2.24) is 15.1 Å². The second-order valence-electron chi connectivity index (χ2n) is 10.9. The molecule has 8 heteroatoms. The van der Waals surface area contributed by atoms with Crippen LogP contribution in [0.1, 0.15) is 74.3 Å². The van der Waals surface area contributed by atoms with Gasteiger partial charge in [-0.3, -0.25) is 4.98 Å². The molecule has 5 nitrogen and oxygen atoms in total. The summed E-state index contributed by atoms with van der Waals surface area (Å²) in [6.45, 7) is 0.409. The molecule has 0 saturated heterocycles. The number of para-hydroxylation sites is 1. The van der Waals surface area contributed by atoms with Crippen LogP contribution in [0.4, 0.5) is 4.39 Å². The van der Waals surface area contributed by atoms with Gasteiger partial charge in [0, 0.05) is 45.9 Å². The van der Waals surface area contributed by atoms with Gasteiger partial charge in [0.1, 0.15) is 22.8 Å². The second kappa shape index (κ2) is 8.75. The van der Waals surface area contributed by atoms with Gasteiger partial charge in [0.05, 0.1) is 22.3 Å². The molecule has 4 fully saturated rings. The quantitative estimate of drug-likeness (QED) is 0.248. The standard InChI is InChI=1S/C29H26Cl2FN3O2/c30-20-14-33-15-21(31)24(20)26-19(27(37-35-26)18-4-5-18)16-36-29-11-8-28(9-12-29,10-13-29)23-7-6-17-2-1-3-22(32)25(17)34-23/h1-3,6-7,14-15,18H,4-5,8-13,16H2. The van der Waals surface area contributed by atoms with E-state index >= 15 is 0 Å². The molecule has 2 bridgehead atoms. The van der Waals surface area contributed by atoms with Crippen LogP contribution in [0.15, 0.2) is 47.2 Å². The van der Waals surface area contributed by atoms with Gasteiger partial charge < -0.3 is 9.26 Å². The van der Waals surface area contributed by atoms with Crippen molar-refractivity contribution in [3.8, 4) is 11.3 Å². The van der Waals surface area contributed by atoms with Gasteiger partial charge >= 0.3 is 0 Å². The minimum absolute atomic E-state index is 0.0127. The van der Waals surface area contributed by atoms with Gasteiger partial charge in [-0.2, -0.15) is 0 Å². The number of benzene rings is 1. The Labute approximate surface area is 224 Å². The van der Waals surface area contributed by atoms with E-state index in [4.69, 9.17) is 37.4 Å². The Morgan fingerprint density at radius 3 is 2.41 bits per heavy atom. The first-order chi connectivity index (χ1) is 18.0. The first-order valence-electron chi connectivity index (χ1n) is 12.9. The molecule has 4 aromatic rings. The summed E-state index contributed by atoms with van der Waals surface area (Å²) in [6, 6.07) is 9.22. The van der Waals surface area contributed by atoms with Gasteiger partial charge in [0.25, 0.3) is 0 Å². The van der Waals surface area contributed by atoms with Crippen LogP contribution in [0.5, 0.6) is 0 Å². The number of halogens is 3. The summed E-state index contributed by atoms with van der Waals surface area (Å²) in [5, 5.41) is 6.12. The second-order valence-corrected chi connectivity index (χ2v) is 11.7. The lowest BCUT2D eigenvalue weighted by molar-refractivity contribution is -0.127. The molecule has 4 saturated carbocycles. The minimum atomic E-state index is -0.259.